The number of nitrogens with zero attached hydrogens (tertiary/aromatic N) is 1. The second-order valence-corrected chi connectivity index (χ2v) is 10.3. The van der Waals surface area contributed by atoms with E-state index in [9.17, 15) is 26.4 Å². The summed E-state index contributed by atoms with van der Waals surface area (Å²) in [6, 6.07) is 5.65. The van der Waals surface area contributed by atoms with Crippen molar-refractivity contribution in [2.45, 2.75) is 11.1 Å². The molecule has 30 heavy (non-hydrogen) atoms. The van der Waals surface area contributed by atoms with Gasteiger partial charge in [-0.2, -0.15) is 29.2 Å². The maximum absolute atomic E-state index is 12.8. The van der Waals surface area contributed by atoms with Gasteiger partial charge in [-0.25, -0.2) is 8.42 Å². The van der Waals surface area contributed by atoms with Gasteiger partial charge in [0, 0.05) is 24.6 Å². The summed E-state index contributed by atoms with van der Waals surface area (Å²) in [5.41, 5.74) is -0.776. The molecule has 1 N–H and O–H groups in total. The number of hydrogen-bond acceptors (Lipinski definition) is 6. The summed E-state index contributed by atoms with van der Waals surface area (Å²) in [7, 11) is -3.74. The Morgan fingerprint density at radius 3 is 2.43 bits per heavy atom. The van der Waals surface area contributed by atoms with E-state index in [-0.39, 0.29) is 28.7 Å². The van der Waals surface area contributed by atoms with Crippen molar-refractivity contribution in [2.24, 2.45) is 0 Å². The van der Waals surface area contributed by atoms with Crippen LogP contribution in [0.1, 0.15) is 15.2 Å². The zero-order chi connectivity index (χ0) is 21.8. The highest BCUT2D eigenvalue weighted by Crippen LogP contribution is 2.30. The van der Waals surface area contributed by atoms with E-state index < -0.39 is 27.7 Å². The van der Waals surface area contributed by atoms with Gasteiger partial charge in [0.25, 0.3) is 5.91 Å². The number of rotatable bonds is 7. The molecule has 1 aromatic carbocycles. The van der Waals surface area contributed by atoms with Crippen LogP contribution in [-0.4, -0.2) is 56.4 Å². The van der Waals surface area contributed by atoms with Crippen molar-refractivity contribution in [3.63, 3.8) is 0 Å². The number of carbonyl (C=O) groups excluding carboxylic acids is 1. The van der Waals surface area contributed by atoms with Crippen LogP contribution in [0.15, 0.2) is 40.6 Å². The molecule has 1 saturated heterocycles. The van der Waals surface area contributed by atoms with Gasteiger partial charge in [0.1, 0.15) is 22.1 Å². The Bertz CT molecular complexity index is 969. The lowest BCUT2D eigenvalue weighted by atomic mass is 10.2. The fourth-order valence-corrected chi connectivity index (χ4v) is 6.64. The van der Waals surface area contributed by atoms with Crippen molar-refractivity contribution in [3.8, 4) is 5.75 Å². The predicted molar refractivity (Wildman–Crippen MR) is 110 cm³/mol. The molecule has 0 bridgehead atoms. The molecular formula is C18H19F3N2O4S3. The molecule has 0 aliphatic carbocycles. The summed E-state index contributed by atoms with van der Waals surface area (Å²) in [4.78, 5) is 12.5. The number of alkyl halides is 3. The zero-order valence-corrected chi connectivity index (χ0v) is 18.1. The van der Waals surface area contributed by atoms with Crippen molar-refractivity contribution in [1.29, 1.82) is 0 Å². The average molecular weight is 481 g/mol. The molecule has 2 heterocycles. The van der Waals surface area contributed by atoms with Crippen LogP contribution >= 0.6 is 23.1 Å². The van der Waals surface area contributed by atoms with E-state index in [1.54, 1.807) is 17.1 Å². The third kappa shape index (κ3) is 5.48. The lowest BCUT2D eigenvalue weighted by molar-refractivity contribution is -0.137. The molecular weight excluding hydrogens is 461 g/mol. The molecule has 1 amide bonds. The summed E-state index contributed by atoms with van der Waals surface area (Å²) in [5, 5.41) is 4.14. The first-order valence-corrected chi connectivity index (χ1v) is 12.4. The van der Waals surface area contributed by atoms with Gasteiger partial charge < -0.3 is 10.1 Å². The monoisotopic (exact) mass is 480 g/mol. The second-order valence-electron chi connectivity index (χ2n) is 6.26. The minimum Gasteiger partial charge on any atom is -0.492 e. The first-order chi connectivity index (χ1) is 14.2. The van der Waals surface area contributed by atoms with Crippen LogP contribution in [0.25, 0.3) is 0 Å². The van der Waals surface area contributed by atoms with Crippen LogP contribution in [0.5, 0.6) is 5.75 Å². The number of thiophene rings is 1. The number of sulfonamides is 1. The molecule has 12 heteroatoms. The van der Waals surface area contributed by atoms with Crippen molar-refractivity contribution < 1.29 is 31.1 Å². The minimum absolute atomic E-state index is 0.0134. The van der Waals surface area contributed by atoms with E-state index in [4.69, 9.17) is 4.74 Å². The predicted octanol–water partition coefficient (Wildman–Crippen LogP) is 3.31. The molecule has 3 rings (SSSR count). The van der Waals surface area contributed by atoms with E-state index in [1.807, 2.05) is 0 Å². The quantitative estimate of drug-likeness (QED) is 0.616. The molecule has 0 radical (unpaired) electrons. The van der Waals surface area contributed by atoms with Gasteiger partial charge in [0.15, 0.2) is 0 Å². The van der Waals surface area contributed by atoms with Crippen LogP contribution in [0.4, 0.5) is 13.2 Å². The average Bonchev–Trinajstić information content (AvgIpc) is 3.22. The number of halogens is 3. The van der Waals surface area contributed by atoms with Crippen LogP contribution in [-0.2, 0) is 16.2 Å². The lowest BCUT2D eigenvalue weighted by Crippen LogP contribution is -2.38. The van der Waals surface area contributed by atoms with Crippen molar-refractivity contribution >= 4 is 39.0 Å². The van der Waals surface area contributed by atoms with Gasteiger partial charge in [-0.1, -0.05) is 0 Å². The van der Waals surface area contributed by atoms with Crippen LogP contribution in [0.2, 0.25) is 0 Å². The highest BCUT2D eigenvalue weighted by Gasteiger charge is 2.31. The largest absolute Gasteiger partial charge is 0.492 e. The van der Waals surface area contributed by atoms with Gasteiger partial charge in [-0.3, -0.25) is 4.79 Å². The fraction of sp³-hybridized carbons (Fsp3) is 0.389. The highest BCUT2D eigenvalue weighted by molar-refractivity contribution is 7.99. The molecule has 0 saturated carbocycles. The lowest BCUT2D eigenvalue weighted by Gasteiger charge is -2.25. The number of nitrogens with one attached hydrogen (secondary N) is 1. The Morgan fingerprint density at radius 1 is 1.13 bits per heavy atom. The van der Waals surface area contributed by atoms with E-state index in [2.05, 4.69) is 5.32 Å². The number of benzene rings is 1. The first kappa shape index (κ1) is 22.9. The SMILES string of the molecule is O=C(NCCOc1ccc(C(F)(F)F)cc1)c1sccc1S(=O)(=O)N1CCSCC1. The van der Waals surface area contributed by atoms with Crippen molar-refractivity contribution in [2.75, 3.05) is 37.7 Å². The first-order valence-electron chi connectivity index (χ1n) is 8.93. The molecule has 2 aromatic rings. The Balaban J connectivity index is 1.54. The molecule has 0 spiro atoms. The molecule has 6 nitrogen and oxygen atoms in total. The summed E-state index contributed by atoms with van der Waals surface area (Å²) >= 11 is 2.72. The van der Waals surface area contributed by atoms with Gasteiger partial charge in [-0.15, -0.1) is 11.3 Å². The van der Waals surface area contributed by atoms with Crippen molar-refractivity contribution in [3.05, 3.63) is 46.2 Å². The Morgan fingerprint density at radius 2 is 1.80 bits per heavy atom. The summed E-state index contributed by atoms with van der Waals surface area (Å²) < 4.78 is 70.0. The molecule has 0 unspecified atom stereocenters. The number of amides is 1. The molecule has 164 valence electrons. The third-order valence-electron chi connectivity index (χ3n) is 4.26. The topological polar surface area (TPSA) is 75.7 Å². The Hall–Kier alpha value is -1.76. The standard InChI is InChI=1S/C18H19F3N2O4S3/c19-18(20,21)13-1-3-14(4-2-13)27-9-6-22-17(24)16-15(5-10-29-16)30(25,26)23-7-11-28-12-8-23/h1-5,10H,6-9,11-12H2,(H,22,24). The normalized spacial score (nSPS) is 15.7. The molecule has 1 aromatic heterocycles. The van der Waals surface area contributed by atoms with Crippen LogP contribution in [0.3, 0.4) is 0 Å². The Kier molecular flexibility index (Phi) is 7.32. The summed E-state index contributed by atoms with van der Waals surface area (Å²) in [6.45, 7) is 0.904. The van der Waals surface area contributed by atoms with E-state index in [0.717, 1.165) is 23.5 Å². The summed E-state index contributed by atoms with van der Waals surface area (Å²) in [5.74, 6) is 1.13. The highest BCUT2D eigenvalue weighted by atomic mass is 32.2. The van der Waals surface area contributed by atoms with Gasteiger partial charge in [0.2, 0.25) is 10.0 Å². The molecule has 1 aliphatic rings. The summed E-state index contributed by atoms with van der Waals surface area (Å²) in [6.07, 6.45) is -4.42. The van der Waals surface area contributed by atoms with Gasteiger partial charge in [0.05, 0.1) is 12.1 Å². The van der Waals surface area contributed by atoms with E-state index >= 15 is 0 Å². The minimum atomic E-state index is -4.42. The fourth-order valence-electron chi connectivity index (χ4n) is 2.75. The maximum Gasteiger partial charge on any atom is 0.416 e. The maximum atomic E-state index is 12.8. The van der Waals surface area contributed by atoms with Gasteiger partial charge >= 0.3 is 6.18 Å². The van der Waals surface area contributed by atoms with Crippen LogP contribution < -0.4 is 10.1 Å². The molecule has 1 fully saturated rings. The zero-order valence-electron chi connectivity index (χ0n) is 15.6. The number of thioether (sulfide) groups is 1. The van der Waals surface area contributed by atoms with Crippen molar-refractivity contribution in [1.82, 2.24) is 9.62 Å². The Labute approximate surface area is 180 Å². The number of ether oxygens (including phenoxy) is 1. The molecule has 1 aliphatic heterocycles. The number of hydrogen-bond donors (Lipinski definition) is 1. The number of carbonyl (C=O) groups is 1. The second kappa shape index (κ2) is 9.58. The third-order valence-corrected chi connectivity index (χ3v) is 8.19. The van der Waals surface area contributed by atoms with E-state index in [0.29, 0.717) is 24.6 Å². The molecule has 0 atom stereocenters. The van der Waals surface area contributed by atoms with Crippen LogP contribution in [0, 0.1) is 0 Å². The van der Waals surface area contributed by atoms with E-state index in [1.165, 1.54) is 22.5 Å². The smallest absolute Gasteiger partial charge is 0.416 e. The van der Waals surface area contributed by atoms with Gasteiger partial charge in [-0.05, 0) is 35.7 Å².